The third-order valence-electron chi connectivity index (χ3n) is 3.04. The van der Waals surface area contributed by atoms with E-state index in [9.17, 15) is 8.78 Å². The molecule has 0 aliphatic heterocycles. The van der Waals surface area contributed by atoms with E-state index < -0.39 is 11.6 Å². The molecule has 2 rings (SSSR count). The van der Waals surface area contributed by atoms with E-state index in [0.29, 0.717) is 12.3 Å². The van der Waals surface area contributed by atoms with Crippen LogP contribution in [0.2, 0.25) is 0 Å². The lowest BCUT2D eigenvalue weighted by Crippen LogP contribution is -2.01. The van der Waals surface area contributed by atoms with Crippen LogP contribution in [0.3, 0.4) is 0 Å². The van der Waals surface area contributed by atoms with Crippen molar-refractivity contribution in [3.05, 3.63) is 58.9 Å². The number of nitrogens with zero attached hydrogens (tertiary/aromatic N) is 1. The second-order valence-corrected chi connectivity index (χ2v) is 4.91. The quantitative estimate of drug-likeness (QED) is 0.622. The van der Waals surface area contributed by atoms with Crippen molar-refractivity contribution in [1.82, 2.24) is 4.98 Å². The molecule has 1 heterocycles. The Morgan fingerprint density at radius 1 is 1.09 bits per heavy atom. The Morgan fingerprint density at radius 3 is 2.59 bits per heavy atom. The van der Waals surface area contributed by atoms with Crippen LogP contribution >= 0.6 is 0 Å². The molecule has 22 heavy (non-hydrogen) atoms. The molecule has 2 nitrogen and oxygen atoms in total. The van der Waals surface area contributed by atoms with Crippen molar-refractivity contribution >= 4 is 0 Å². The van der Waals surface area contributed by atoms with Gasteiger partial charge in [0.1, 0.15) is 5.69 Å². The smallest absolute Gasteiger partial charge is 0.201 e. The van der Waals surface area contributed by atoms with Crippen LogP contribution in [-0.4, -0.2) is 11.6 Å². The first-order valence-corrected chi connectivity index (χ1v) is 7.17. The molecule has 1 aromatic carbocycles. The Hall–Kier alpha value is -2.41. The van der Waals surface area contributed by atoms with Gasteiger partial charge < -0.3 is 4.74 Å². The molecule has 0 N–H and O–H groups in total. The minimum Gasteiger partial charge on any atom is -0.490 e. The minimum atomic E-state index is -1.00. The van der Waals surface area contributed by atoms with Crippen LogP contribution in [0.15, 0.2) is 30.5 Å². The molecular weight excluding hydrogens is 284 g/mol. The molecule has 114 valence electrons. The zero-order valence-corrected chi connectivity index (χ0v) is 12.6. The highest BCUT2D eigenvalue weighted by Gasteiger charge is 2.13. The average Bonchev–Trinajstić information content (AvgIpc) is 2.52. The van der Waals surface area contributed by atoms with Crippen LogP contribution in [0.5, 0.6) is 5.75 Å². The average molecular weight is 301 g/mol. The van der Waals surface area contributed by atoms with Crippen LogP contribution in [0.1, 0.15) is 36.6 Å². The predicted molar refractivity (Wildman–Crippen MR) is 81.7 cm³/mol. The lowest BCUT2D eigenvalue weighted by molar-refractivity contribution is 0.288. The summed E-state index contributed by atoms with van der Waals surface area (Å²) in [5.74, 6) is 3.25. The van der Waals surface area contributed by atoms with Crippen molar-refractivity contribution < 1.29 is 13.5 Å². The third kappa shape index (κ3) is 4.05. The van der Waals surface area contributed by atoms with E-state index in [0.717, 1.165) is 18.4 Å². The van der Waals surface area contributed by atoms with Gasteiger partial charge in [-0.05, 0) is 43.0 Å². The number of hydrogen-bond acceptors (Lipinski definition) is 2. The highest BCUT2D eigenvalue weighted by molar-refractivity contribution is 5.44. The predicted octanol–water partition coefficient (Wildman–Crippen LogP) is 4.25. The fourth-order valence-corrected chi connectivity index (χ4v) is 1.74. The maximum atomic E-state index is 14.0. The van der Waals surface area contributed by atoms with Gasteiger partial charge in [-0.25, -0.2) is 9.37 Å². The van der Waals surface area contributed by atoms with Gasteiger partial charge in [0.2, 0.25) is 5.82 Å². The molecule has 0 aliphatic rings. The molecular formula is C18H17F2NO. The van der Waals surface area contributed by atoms with Gasteiger partial charge in [0, 0.05) is 6.20 Å². The lowest BCUT2D eigenvalue weighted by Gasteiger charge is -2.07. The number of ether oxygens (including phenoxy) is 1. The molecule has 0 saturated carbocycles. The summed E-state index contributed by atoms with van der Waals surface area (Å²) in [5, 5.41) is 0. The van der Waals surface area contributed by atoms with Gasteiger partial charge in [0.05, 0.1) is 12.2 Å². The number of unbranched alkanes of at least 4 members (excludes halogenated alkanes) is 1. The summed E-state index contributed by atoms with van der Waals surface area (Å²) < 4.78 is 33.1. The standard InChI is InChI=1S/C18H17F2NO/c1-3-4-11-22-16-10-7-14(17(19)18(16)20)6-9-15-8-5-13(2)12-21-15/h5,7-8,10,12H,3-4,11H2,1-2H3. The first-order valence-electron chi connectivity index (χ1n) is 7.17. The Balaban J connectivity index is 2.19. The van der Waals surface area contributed by atoms with E-state index in [1.165, 1.54) is 12.1 Å². The van der Waals surface area contributed by atoms with Gasteiger partial charge in [-0.3, -0.25) is 0 Å². The highest BCUT2D eigenvalue weighted by Crippen LogP contribution is 2.22. The Kier molecular flexibility index (Phi) is 5.48. The number of pyridine rings is 1. The molecule has 0 spiro atoms. The molecule has 1 aromatic heterocycles. The highest BCUT2D eigenvalue weighted by atomic mass is 19.2. The Labute approximate surface area is 129 Å². The number of aromatic nitrogens is 1. The summed E-state index contributed by atoms with van der Waals surface area (Å²) in [6.07, 6.45) is 3.39. The maximum absolute atomic E-state index is 14.0. The summed E-state index contributed by atoms with van der Waals surface area (Å²) in [5.41, 5.74) is 1.51. The number of rotatable bonds is 4. The Morgan fingerprint density at radius 2 is 1.91 bits per heavy atom. The summed E-state index contributed by atoms with van der Waals surface area (Å²) in [4.78, 5) is 4.10. The van der Waals surface area contributed by atoms with Crippen molar-refractivity contribution in [3.63, 3.8) is 0 Å². The van der Waals surface area contributed by atoms with Gasteiger partial charge in [0.15, 0.2) is 11.6 Å². The van der Waals surface area contributed by atoms with Crippen molar-refractivity contribution in [2.24, 2.45) is 0 Å². The van der Waals surface area contributed by atoms with Crippen molar-refractivity contribution in [2.45, 2.75) is 26.7 Å². The van der Waals surface area contributed by atoms with Crippen LogP contribution in [-0.2, 0) is 0 Å². The number of benzene rings is 1. The second-order valence-electron chi connectivity index (χ2n) is 4.91. The van der Waals surface area contributed by atoms with Gasteiger partial charge in [0.25, 0.3) is 0 Å². The largest absolute Gasteiger partial charge is 0.490 e. The molecule has 0 unspecified atom stereocenters. The number of hydrogen-bond donors (Lipinski definition) is 0. The molecule has 0 atom stereocenters. The topological polar surface area (TPSA) is 22.1 Å². The van der Waals surface area contributed by atoms with Crippen molar-refractivity contribution in [2.75, 3.05) is 6.61 Å². The van der Waals surface area contributed by atoms with E-state index in [1.54, 1.807) is 12.3 Å². The molecule has 0 aliphatic carbocycles. The van der Waals surface area contributed by atoms with Crippen molar-refractivity contribution in [1.29, 1.82) is 0 Å². The van der Waals surface area contributed by atoms with Gasteiger partial charge in [-0.15, -0.1) is 0 Å². The van der Waals surface area contributed by atoms with Crippen LogP contribution in [0.4, 0.5) is 8.78 Å². The molecule has 2 aromatic rings. The van der Waals surface area contributed by atoms with Crippen LogP contribution < -0.4 is 4.74 Å². The molecule has 0 bridgehead atoms. The molecule has 0 radical (unpaired) electrons. The third-order valence-corrected chi connectivity index (χ3v) is 3.04. The molecule has 0 amide bonds. The molecule has 0 fully saturated rings. The molecule has 0 saturated heterocycles. The first-order chi connectivity index (χ1) is 10.6. The minimum absolute atomic E-state index is 0.0114. The summed E-state index contributed by atoms with van der Waals surface area (Å²) >= 11 is 0. The van der Waals surface area contributed by atoms with Gasteiger partial charge in [-0.2, -0.15) is 4.39 Å². The van der Waals surface area contributed by atoms with E-state index in [1.807, 2.05) is 19.9 Å². The normalized spacial score (nSPS) is 10.0. The summed E-state index contributed by atoms with van der Waals surface area (Å²) in [6.45, 7) is 4.28. The van der Waals surface area contributed by atoms with E-state index in [4.69, 9.17) is 4.74 Å². The second kappa shape index (κ2) is 7.56. The zero-order valence-electron chi connectivity index (χ0n) is 12.6. The fraction of sp³-hybridized carbons (Fsp3) is 0.278. The Bertz CT molecular complexity index is 700. The van der Waals surface area contributed by atoms with E-state index >= 15 is 0 Å². The first kappa shape index (κ1) is 16.0. The van der Waals surface area contributed by atoms with Crippen LogP contribution in [0.25, 0.3) is 0 Å². The fourth-order valence-electron chi connectivity index (χ4n) is 1.74. The van der Waals surface area contributed by atoms with E-state index in [-0.39, 0.29) is 11.3 Å². The van der Waals surface area contributed by atoms with Crippen LogP contribution in [0, 0.1) is 30.4 Å². The SMILES string of the molecule is CCCCOc1ccc(C#Cc2ccc(C)cn2)c(F)c1F. The van der Waals surface area contributed by atoms with E-state index in [2.05, 4.69) is 16.8 Å². The summed E-state index contributed by atoms with van der Waals surface area (Å²) in [6, 6.07) is 6.42. The van der Waals surface area contributed by atoms with Gasteiger partial charge in [-0.1, -0.05) is 25.3 Å². The maximum Gasteiger partial charge on any atom is 0.201 e. The summed E-state index contributed by atoms with van der Waals surface area (Å²) in [7, 11) is 0. The molecule has 4 heteroatoms. The zero-order chi connectivity index (χ0) is 15.9. The lowest BCUT2D eigenvalue weighted by atomic mass is 10.2. The monoisotopic (exact) mass is 301 g/mol. The van der Waals surface area contributed by atoms with Gasteiger partial charge >= 0.3 is 0 Å². The number of aryl methyl sites for hydroxylation is 1. The van der Waals surface area contributed by atoms with Crippen molar-refractivity contribution in [3.8, 4) is 17.6 Å². The number of halogens is 2.